The van der Waals surface area contributed by atoms with E-state index < -0.39 is 41.7 Å². The number of oxazole rings is 1. The van der Waals surface area contributed by atoms with Crippen molar-refractivity contribution in [2.24, 2.45) is 0 Å². The number of aromatic amines is 1. The first-order valence-corrected chi connectivity index (χ1v) is 39.4. The number of anilines is 1. The van der Waals surface area contributed by atoms with Gasteiger partial charge in [-0.3, -0.25) is 0 Å². The number of H-pyrrole nitrogens is 1. The summed E-state index contributed by atoms with van der Waals surface area (Å²) in [5, 5.41) is 6.08. The molecule has 0 aliphatic rings. The summed E-state index contributed by atoms with van der Waals surface area (Å²) in [6.45, 7) is 29.6. The van der Waals surface area contributed by atoms with Crippen molar-refractivity contribution in [1.82, 2.24) is 39.2 Å². The normalized spacial score (nSPS) is 11.9. The zero-order chi connectivity index (χ0) is 69.9. The lowest BCUT2D eigenvalue weighted by Crippen LogP contribution is -2.35. The molecule has 1 N–H and O–H groups in total. The van der Waals surface area contributed by atoms with Crippen LogP contribution in [-0.2, 0) is 30.1 Å². The van der Waals surface area contributed by atoms with Gasteiger partial charge in [-0.05, 0) is 72.8 Å². The quantitative estimate of drug-likeness (QED) is 0.101. The lowest BCUT2D eigenvalue weighted by atomic mass is 10.1. The number of fused-ring (bicyclic) bond motifs is 5. The van der Waals surface area contributed by atoms with E-state index in [4.69, 9.17) is 9.15 Å². The molecular formula is C69H83F2N9O8S7. The first-order valence-electron chi connectivity index (χ1n) is 30.9. The standard InChI is InChI=1S/C14H21N3O2S.C14H18N2O4S3.C11H13NOS.C10H9F2NS.C10H11NO.C10H11NS/c1-5-17(6-2)20(18,19)11-7-8-12-13(9-11)16-14(15-12)10(3)4;1-10(2)14-15-13(9-21-14)11-6-5-7-12(8-11)16(22(3,17)18)23(4,19)20;1-7(2)11-12-8-5-4-6-9(13-3)10(8)14-11;1-5(2)10-13-9-7(12)3-6(11)4-8(9)14-10;2*1-7(2)10-11-8-5-3-4-6-9(8)12-10/h7-10H,5-6H2,1-4H3,(H,15,16);5-10H,1-4H3;4-7H,1-3H3;3-5H,1-2H3;2*3-7H,1-2H3. The van der Waals surface area contributed by atoms with Crippen molar-refractivity contribution >= 4 is 134 Å². The van der Waals surface area contributed by atoms with E-state index in [1.54, 1.807) is 60.1 Å². The van der Waals surface area contributed by atoms with Gasteiger partial charge in [0.1, 0.15) is 28.4 Å². The SMILES string of the molecule is CC(C)c1nc(-c2cccc(N(S(C)(=O)=O)S(C)(=O)=O)c2)cs1.CC(C)c1nc2c(F)cc(F)cc2s1.CC(C)c1nc2ccccc2o1.CC(C)c1nc2ccccc2s1.CCN(CC)S(=O)(=O)c1ccc2nc(C(C)C)[nH]c2c1.COc1cccc2nc(C(C)C)sc12. The van der Waals surface area contributed by atoms with Crippen LogP contribution < -0.4 is 8.45 Å². The summed E-state index contributed by atoms with van der Waals surface area (Å²) in [7, 11) is -9.63. The zero-order valence-electron chi connectivity index (χ0n) is 56.5. The van der Waals surface area contributed by atoms with Gasteiger partial charge in [0, 0.05) is 65.6 Å². The second-order valence-corrected chi connectivity index (χ2v) is 33.7. The Balaban J connectivity index is 0.000000164. The molecule has 12 aromatic rings. The van der Waals surface area contributed by atoms with Crippen molar-refractivity contribution < 1.29 is 43.2 Å². The summed E-state index contributed by atoms with van der Waals surface area (Å²) in [6.07, 6.45) is 1.72. The number of para-hydroxylation sites is 3. The Morgan fingerprint density at radius 3 is 1.71 bits per heavy atom. The highest BCUT2D eigenvalue weighted by molar-refractivity contribution is 8.09. The number of thiazole rings is 4. The summed E-state index contributed by atoms with van der Waals surface area (Å²) in [4.78, 5) is 30.0. The summed E-state index contributed by atoms with van der Waals surface area (Å²) in [5.41, 5.74) is 7.28. The van der Waals surface area contributed by atoms with Crippen molar-refractivity contribution in [1.29, 1.82) is 0 Å². The molecule has 26 heteroatoms. The third-order valence-corrected chi connectivity index (χ3v) is 24.4. The average molecular weight is 1430 g/mol. The van der Waals surface area contributed by atoms with Crippen molar-refractivity contribution in [2.45, 2.75) is 137 Å². The smallest absolute Gasteiger partial charge is 0.245 e. The van der Waals surface area contributed by atoms with E-state index in [0.29, 0.717) is 61.3 Å². The molecular weight excluding hydrogens is 1350 g/mol. The van der Waals surface area contributed by atoms with Gasteiger partial charge >= 0.3 is 0 Å². The average Bonchev–Trinajstić information content (AvgIpc) is 1.38. The Morgan fingerprint density at radius 1 is 0.547 bits per heavy atom. The Hall–Kier alpha value is -7.17. The summed E-state index contributed by atoms with van der Waals surface area (Å²) in [5.74, 6) is 3.69. The van der Waals surface area contributed by atoms with Crippen LogP contribution >= 0.6 is 45.3 Å². The van der Waals surface area contributed by atoms with Crippen LogP contribution in [0.3, 0.4) is 0 Å². The van der Waals surface area contributed by atoms with Crippen molar-refractivity contribution in [3.8, 4) is 17.0 Å². The van der Waals surface area contributed by atoms with Crippen molar-refractivity contribution in [3.05, 3.63) is 170 Å². The first kappa shape index (κ1) is 75.2. The molecule has 0 atom stereocenters. The van der Waals surface area contributed by atoms with Crippen LogP contribution in [0.5, 0.6) is 5.75 Å². The molecule has 508 valence electrons. The number of imidazole rings is 1. The number of ether oxygens (including phenoxy) is 1. The lowest BCUT2D eigenvalue weighted by Gasteiger charge is -2.20. The maximum Gasteiger partial charge on any atom is 0.245 e. The molecule has 0 unspecified atom stereocenters. The van der Waals surface area contributed by atoms with Crippen LogP contribution in [0.1, 0.15) is 164 Å². The molecule has 0 saturated heterocycles. The molecule has 6 heterocycles. The van der Waals surface area contributed by atoms with E-state index in [1.807, 2.05) is 109 Å². The van der Waals surface area contributed by atoms with E-state index in [1.165, 1.54) is 59.9 Å². The Labute approximate surface area is 572 Å². The lowest BCUT2D eigenvalue weighted by molar-refractivity contribution is 0.420. The van der Waals surface area contributed by atoms with Crippen LogP contribution in [-0.4, -0.2) is 97.2 Å². The predicted molar refractivity (Wildman–Crippen MR) is 390 cm³/mol. The first-order chi connectivity index (χ1) is 44.7. The van der Waals surface area contributed by atoms with Gasteiger partial charge in [-0.2, -0.15) is 8.02 Å². The number of nitrogens with zero attached hydrogens (tertiary/aromatic N) is 8. The van der Waals surface area contributed by atoms with Crippen molar-refractivity contribution in [3.63, 3.8) is 0 Å². The molecule has 0 radical (unpaired) electrons. The number of sulfonamides is 3. The van der Waals surface area contributed by atoms with E-state index >= 15 is 0 Å². The van der Waals surface area contributed by atoms with Gasteiger partial charge in [-0.25, -0.2) is 63.9 Å². The Kier molecular flexibility index (Phi) is 25.9. The molecule has 0 amide bonds. The van der Waals surface area contributed by atoms with Gasteiger partial charge in [-0.1, -0.05) is 139 Å². The molecule has 0 saturated carbocycles. The molecule has 95 heavy (non-hydrogen) atoms. The summed E-state index contributed by atoms with van der Waals surface area (Å²) < 4.78 is 114. The number of rotatable bonds is 15. The monoisotopic (exact) mass is 1430 g/mol. The Morgan fingerprint density at radius 2 is 1.13 bits per heavy atom. The van der Waals surface area contributed by atoms with Crippen LogP contribution in [0.25, 0.3) is 64.0 Å². The van der Waals surface area contributed by atoms with Gasteiger partial charge < -0.3 is 14.1 Å². The molecule has 12 rings (SSSR count). The fourth-order valence-electron chi connectivity index (χ4n) is 9.09. The number of nitrogens with one attached hydrogen (secondary N) is 1. The third-order valence-electron chi connectivity index (χ3n) is 14.0. The largest absolute Gasteiger partial charge is 0.495 e. The third kappa shape index (κ3) is 19.5. The molecule has 0 bridgehead atoms. The van der Waals surface area contributed by atoms with Gasteiger partial charge in [0.05, 0.1) is 92.1 Å². The number of aromatic nitrogens is 7. The number of benzene rings is 6. The maximum atomic E-state index is 13.2. The van der Waals surface area contributed by atoms with Crippen LogP contribution in [0.15, 0.2) is 136 Å². The molecule has 0 fully saturated rings. The number of hydrogen-bond donors (Lipinski definition) is 1. The fraction of sp³-hybridized carbons (Fsp3) is 0.362. The van der Waals surface area contributed by atoms with Gasteiger partial charge in [0.2, 0.25) is 30.1 Å². The van der Waals surface area contributed by atoms with Gasteiger partial charge in [0.15, 0.2) is 17.3 Å². The summed E-state index contributed by atoms with van der Waals surface area (Å²) in [6, 6.07) is 35.7. The molecule has 0 aliphatic heterocycles. The predicted octanol–water partition coefficient (Wildman–Crippen LogP) is 18.9. The van der Waals surface area contributed by atoms with Gasteiger partial charge in [0.25, 0.3) is 0 Å². The minimum Gasteiger partial charge on any atom is -0.495 e. The number of hydrogen-bond acceptors (Lipinski definition) is 18. The van der Waals surface area contributed by atoms with Crippen LogP contribution in [0.4, 0.5) is 14.5 Å². The van der Waals surface area contributed by atoms with E-state index in [-0.39, 0.29) is 23.0 Å². The minimum atomic E-state index is -3.96. The molecule has 6 aromatic heterocycles. The molecule has 0 aliphatic carbocycles. The summed E-state index contributed by atoms with van der Waals surface area (Å²) >= 11 is 6.37. The second kappa shape index (κ2) is 32.7. The molecule has 6 aromatic carbocycles. The number of halogens is 2. The van der Waals surface area contributed by atoms with E-state index in [9.17, 15) is 34.0 Å². The Bertz CT molecular complexity index is 4700. The topological polar surface area (TPSA) is 224 Å². The highest BCUT2D eigenvalue weighted by atomic mass is 32.3. The van der Waals surface area contributed by atoms with Crippen LogP contribution in [0, 0.1) is 11.6 Å². The van der Waals surface area contributed by atoms with E-state index in [0.717, 1.165) is 83.9 Å². The molecule has 0 spiro atoms. The van der Waals surface area contributed by atoms with Gasteiger partial charge in [-0.15, -0.1) is 45.3 Å². The fourth-order valence-corrected chi connectivity index (χ4v) is 17.4. The van der Waals surface area contributed by atoms with E-state index in [2.05, 4.69) is 94.6 Å². The second-order valence-electron chi connectivity index (χ2n) is 23.8. The highest BCUT2D eigenvalue weighted by Crippen LogP contribution is 2.35. The number of methoxy groups -OCH3 is 1. The maximum absolute atomic E-state index is 13.2. The molecule has 17 nitrogen and oxygen atoms in total. The minimum absolute atomic E-state index is 0.0756. The van der Waals surface area contributed by atoms with Crippen LogP contribution in [0.2, 0.25) is 0 Å². The highest BCUT2D eigenvalue weighted by Gasteiger charge is 2.28. The van der Waals surface area contributed by atoms with Crippen molar-refractivity contribution in [2.75, 3.05) is 36.4 Å². The zero-order valence-corrected chi connectivity index (χ0v) is 62.2.